The largest absolute Gasteiger partial charge is 0.484 e. The molecule has 0 saturated heterocycles. The minimum atomic E-state index is -4.43. The van der Waals surface area contributed by atoms with Crippen LogP contribution in [0.4, 0.5) is 23.2 Å². The maximum Gasteiger partial charge on any atom is 0.422 e. The minimum absolute atomic E-state index is 0.0111. The van der Waals surface area contributed by atoms with E-state index in [1.54, 1.807) is 18.2 Å². The van der Waals surface area contributed by atoms with Gasteiger partial charge in [-0.15, -0.1) is 0 Å². The Morgan fingerprint density at radius 2 is 1.53 bits per heavy atom. The molecule has 0 aromatic heterocycles. The third-order valence-electron chi connectivity index (χ3n) is 4.42. The van der Waals surface area contributed by atoms with Crippen LogP contribution < -0.4 is 20.1 Å². The van der Waals surface area contributed by atoms with Crippen molar-refractivity contribution >= 4 is 17.5 Å². The highest BCUT2D eigenvalue weighted by molar-refractivity contribution is 5.97. The van der Waals surface area contributed by atoms with E-state index in [1.807, 2.05) is 0 Å². The normalized spacial score (nSPS) is 10.9. The molecular weight excluding hydrogens is 456 g/mol. The smallest absolute Gasteiger partial charge is 0.422 e. The number of hydrogen-bond acceptors (Lipinski definition) is 4. The second-order valence-corrected chi connectivity index (χ2v) is 7.04. The van der Waals surface area contributed by atoms with E-state index in [0.29, 0.717) is 5.56 Å². The lowest BCUT2D eigenvalue weighted by Crippen LogP contribution is -2.25. The van der Waals surface area contributed by atoms with E-state index < -0.39 is 37.0 Å². The van der Waals surface area contributed by atoms with Gasteiger partial charge in [-0.3, -0.25) is 9.59 Å². The fraction of sp³-hybridized carbons (Fsp3) is 0.167. The van der Waals surface area contributed by atoms with Crippen LogP contribution in [0.2, 0.25) is 0 Å². The van der Waals surface area contributed by atoms with Gasteiger partial charge in [-0.2, -0.15) is 13.2 Å². The van der Waals surface area contributed by atoms with Gasteiger partial charge in [0.05, 0.1) is 11.3 Å². The van der Waals surface area contributed by atoms with Crippen LogP contribution in [-0.4, -0.2) is 31.2 Å². The first-order chi connectivity index (χ1) is 16.2. The number of carbonyl (C=O) groups excluding carboxylic acids is 2. The number of halogens is 4. The van der Waals surface area contributed by atoms with Crippen LogP contribution >= 0.6 is 0 Å². The standard InChI is InChI=1S/C24H20F4N2O4/c25-19-6-2-3-7-20(19)30-22(31)14-33-21-8-4-1-5-18(21)23(32)29-13-16-9-11-17(12-10-16)34-15-24(26,27)28/h1-12H,13-15H2,(H,29,32)(H,30,31). The van der Waals surface area contributed by atoms with Gasteiger partial charge in [0.25, 0.3) is 11.8 Å². The van der Waals surface area contributed by atoms with Gasteiger partial charge >= 0.3 is 6.18 Å². The zero-order valence-corrected chi connectivity index (χ0v) is 17.7. The summed E-state index contributed by atoms with van der Waals surface area (Å²) in [7, 11) is 0. The van der Waals surface area contributed by atoms with Crippen LogP contribution in [0.1, 0.15) is 15.9 Å². The average molecular weight is 476 g/mol. The number of nitrogens with one attached hydrogen (secondary N) is 2. The SMILES string of the molecule is O=C(COc1ccccc1C(=O)NCc1ccc(OCC(F)(F)F)cc1)Nc1ccccc1F. The van der Waals surface area contributed by atoms with Crippen LogP contribution in [0.25, 0.3) is 0 Å². The molecule has 6 nitrogen and oxygen atoms in total. The number of carbonyl (C=O) groups is 2. The molecule has 2 N–H and O–H groups in total. The number of benzene rings is 3. The van der Waals surface area contributed by atoms with Gasteiger partial charge in [0.1, 0.15) is 17.3 Å². The molecule has 0 aliphatic heterocycles. The number of hydrogen-bond donors (Lipinski definition) is 2. The summed E-state index contributed by atoms with van der Waals surface area (Å²) in [5, 5.41) is 5.06. The van der Waals surface area contributed by atoms with Crippen molar-refractivity contribution in [1.29, 1.82) is 0 Å². The lowest BCUT2D eigenvalue weighted by atomic mass is 10.1. The molecule has 0 unspecified atom stereocenters. The van der Waals surface area contributed by atoms with Gasteiger partial charge in [-0.1, -0.05) is 36.4 Å². The first-order valence-electron chi connectivity index (χ1n) is 10.0. The Morgan fingerprint density at radius 3 is 2.24 bits per heavy atom. The van der Waals surface area contributed by atoms with Crippen molar-refractivity contribution in [2.45, 2.75) is 12.7 Å². The van der Waals surface area contributed by atoms with Crippen molar-refractivity contribution in [2.75, 3.05) is 18.5 Å². The molecule has 0 radical (unpaired) electrons. The quantitative estimate of drug-likeness (QED) is 0.439. The molecule has 3 rings (SSSR count). The molecule has 2 amide bonds. The van der Waals surface area contributed by atoms with Gasteiger partial charge < -0.3 is 20.1 Å². The lowest BCUT2D eigenvalue weighted by molar-refractivity contribution is -0.153. The Morgan fingerprint density at radius 1 is 0.853 bits per heavy atom. The van der Waals surface area contributed by atoms with Crippen molar-refractivity contribution in [1.82, 2.24) is 5.32 Å². The van der Waals surface area contributed by atoms with E-state index in [1.165, 1.54) is 54.6 Å². The number of para-hydroxylation sites is 2. The molecular formula is C24H20F4N2O4. The molecule has 0 atom stereocenters. The summed E-state index contributed by atoms with van der Waals surface area (Å²) < 4.78 is 60.4. The molecule has 0 spiro atoms. The van der Waals surface area contributed by atoms with E-state index in [-0.39, 0.29) is 29.3 Å². The second-order valence-electron chi connectivity index (χ2n) is 7.04. The van der Waals surface area contributed by atoms with Crippen molar-refractivity contribution in [2.24, 2.45) is 0 Å². The van der Waals surface area contributed by atoms with Gasteiger partial charge in [0.15, 0.2) is 13.2 Å². The minimum Gasteiger partial charge on any atom is -0.484 e. The monoisotopic (exact) mass is 476 g/mol. The number of amides is 2. The molecule has 3 aromatic rings. The maximum atomic E-state index is 13.7. The Hall–Kier alpha value is -4.08. The third kappa shape index (κ3) is 7.51. The van der Waals surface area contributed by atoms with E-state index in [4.69, 9.17) is 4.74 Å². The number of alkyl halides is 3. The molecule has 0 saturated carbocycles. The van der Waals surface area contributed by atoms with Crippen LogP contribution in [0.3, 0.4) is 0 Å². The van der Waals surface area contributed by atoms with Gasteiger partial charge in [-0.25, -0.2) is 4.39 Å². The molecule has 3 aromatic carbocycles. The summed E-state index contributed by atoms with van der Waals surface area (Å²) in [4.78, 5) is 24.7. The highest BCUT2D eigenvalue weighted by Gasteiger charge is 2.28. The van der Waals surface area contributed by atoms with Crippen LogP contribution in [0.15, 0.2) is 72.8 Å². The van der Waals surface area contributed by atoms with Gasteiger partial charge in [-0.05, 0) is 42.0 Å². The molecule has 0 fully saturated rings. The number of rotatable bonds is 9. The summed E-state index contributed by atoms with van der Waals surface area (Å²) in [6.45, 7) is -1.74. The highest BCUT2D eigenvalue weighted by Crippen LogP contribution is 2.20. The Kier molecular flexibility index (Phi) is 8.07. The summed E-state index contributed by atoms with van der Waals surface area (Å²) >= 11 is 0. The maximum absolute atomic E-state index is 13.7. The fourth-order valence-corrected chi connectivity index (χ4v) is 2.82. The van der Waals surface area contributed by atoms with Crippen molar-refractivity contribution < 1.29 is 36.6 Å². The average Bonchev–Trinajstić information content (AvgIpc) is 2.82. The Bertz CT molecular complexity index is 1130. The summed E-state index contributed by atoms with van der Waals surface area (Å²) in [5.74, 6) is -1.47. The molecule has 0 bridgehead atoms. The van der Waals surface area contributed by atoms with Gasteiger partial charge in [0.2, 0.25) is 0 Å². The molecule has 178 valence electrons. The predicted octanol–water partition coefficient (Wildman–Crippen LogP) is 4.71. The first kappa shape index (κ1) is 24.6. The van der Waals surface area contributed by atoms with Crippen molar-refractivity contribution in [3.8, 4) is 11.5 Å². The van der Waals surface area contributed by atoms with Gasteiger partial charge in [0, 0.05) is 6.54 Å². The molecule has 0 aliphatic rings. The highest BCUT2D eigenvalue weighted by atomic mass is 19.4. The van der Waals surface area contributed by atoms with Crippen molar-refractivity contribution in [3.63, 3.8) is 0 Å². The van der Waals surface area contributed by atoms with E-state index in [2.05, 4.69) is 15.4 Å². The van der Waals surface area contributed by atoms with E-state index >= 15 is 0 Å². The lowest BCUT2D eigenvalue weighted by Gasteiger charge is -2.13. The van der Waals surface area contributed by atoms with Crippen LogP contribution in [-0.2, 0) is 11.3 Å². The molecule has 10 heteroatoms. The topological polar surface area (TPSA) is 76.7 Å². The predicted molar refractivity (Wildman–Crippen MR) is 116 cm³/mol. The zero-order valence-electron chi connectivity index (χ0n) is 17.7. The van der Waals surface area contributed by atoms with Crippen LogP contribution in [0.5, 0.6) is 11.5 Å². The first-order valence-corrected chi connectivity index (χ1v) is 10.0. The number of ether oxygens (including phenoxy) is 2. The third-order valence-corrected chi connectivity index (χ3v) is 4.42. The number of anilines is 1. The fourth-order valence-electron chi connectivity index (χ4n) is 2.82. The summed E-state index contributed by atoms with van der Waals surface area (Å²) in [5.41, 5.74) is 0.818. The zero-order chi connectivity index (χ0) is 24.6. The van der Waals surface area contributed by atoms with E-state index in [9.17, 15) is 27.2 Å². The molecule has 0 heterocycles. The second kappa shape index (κ2) is 11.2. The van der Waals surface area contributed by atoms with Crippen molar-refractivity contribution in [3.05, 3.63) is 89.7 Å². The Labute approximate surface area is 192 Å². The summed E-state index contributed by atoms with van der Waals surface area (Å²) in [6.07, 6.45) is -4.43. The summed E-state index contributed by atoms with van der Waals surface area (Å²) in [6, 6.07) is 17.7. The van der Waals surface area contributed by atoms with E-state index in [0.717, 1.165) is 0 Å². The molecule has 34 heavy (non-hydrogen) atoms. The van der Waals surface area contributed by atoms with Crippen LogP contribution in [0, 0.1) is 5.82 Å². The Balaban J connectivity index is 1.54. The molecule has 0 aliphatic carbocycles.